The highest BCUT2D eigenvalue weighted by Gasteiger charge is 2.30. The second-order valence-corrected chi connectivity index (χ2v) is 5.17. The summed E-state index contributed by atoms with van der Waals surface area (Å²) in [5, 5.41) is 11.8. The van der Waals surface area contributed by atoms with Crippen LogP contribution < -0.4 is 14.8 Å². The van der Waals surface area contributed by atoms with Gasteiger partial charge < -0.3 is 14.8 Å². The minimum absolute atomic E-state index is 0.0103. The summed E-state index contributed by atoms with van der Waals surface area (Å²) >= 11 is 0. The van der Waals surface area contributed by atoms with Gasteiger partial charge in [0.15, 0.2) is 11.5 Å². The normalized spacial score (nSPS) is 13.4. The number of hydrogen-bond acceptors (Lipinski definition) is 4. The molecule has 1 aromatic rings. The fourth-order valence-corrected chi connectivity index (χ4v) is 1.61. The molecule has 7 heteroatoms. The molecule has 120 valence electrons. The highest BCUT2D eigenvalue weighted by Crippen LogP contribution is 2.29. The minimum atomic E-state index is -2.99. The van der Waals surface area contributed by atoms with Gasteiger partial charge in [-0.15, -0.1) is 0 Å². The molecule has 0 heterocycles. The number of rotatable bonds is 6. The van der Waals surface area contributed by atoms with Gasteiger partial charge in [0.05, 0.1) is 13.2 Å². The van der Waals surface area contributed by atoms with E-state index in [1.807, 2.05) is 13.8 Å². The third-order valence-corrected chi connectivity index (χ3v) is 3.40. The van der Waals surface area contributed by atoms with Gasteiger partial charge in [-0.25, -0.2) is 0 Å². The van der Waals surface area contributed by atoms with Gasteiger partial charge in [0.2, 0.25) is 0 Å². The summed E-state index contributed by atoms with van der Waals surface area (Å²) in [6.07, 6.45) is 0. The number of nitriles is 1. The maximum Gasteiger partial charge on any atom is 0.387 e. The van der Waals surface area contributed by atoms with Gasteiger partial charge in [-0.2, -0.15) is 14.0 Å². The van der Waals surface area contributed by atoms with Crippen molar-refractivity contribution in [3.63, 3.8) is 0 Å². The maximum atomic E-state index is 12.3. The Bertz CT molecular complexity index is 585. The molecule has 0 radical (unpaired) electrons. The minimum Gasteiger partial charge on any atom is -0.493 e. The number of halogens is 2. The highest BCUT2D eigenvalue weighted by atomic mass is 19.3. The number of alkyl halides is 2. The first-order chi connectivity index (χ1) is 10.2. The Morgan fingerprint density at radius 2 is 2.00 bits per heavy atom. The molecular formula is C15H18F2N2O3. The molecule has 0 aliphatic carbocycles. The van der Waals surface area contributed by atoms with Crippen LogP contribution in [0.5, 0.6) is 11.5 Å². The molecule has 0 bridgehead atoms. The van der Waals surface area contributed by atoms with Crippen molar-refractivity contribution < 1.29 is 23.0 Å². The monoisotopic (exact) mass is 312 g/mol. The predicted molar refractivity (Wildman–Crippen MR) is 75.9 cm³/mol. The molecule has 1 rings (SSSR count). The number of benzene rings is 1. The van der Waals surface area contributed by atoms with Crippen molar-refractivity contribution in [2.75, 3.05) is 7.11 Å². The zero-order chi connectivity index (χ0) is 16.9. The van der Waals surface area contributed by atoms with Crippen LogP contribution in [-0.2, 0) is 0 Å². The molecule has 0 aliphatic heterocycles. The third kappa shape index (κ3) is 4.07. The van der Waals surface area contributed by atoms with Gasteiger partial charge in [-0.1, -0.05) is 13.8 Å². The molecule has 0 saturated heterocycles. The van der Waals surface area contributed by atoms with Crippen LogP contribution in [0.15, 0.2) is 18.2 Å². The smallest absolute Gasteiger partial charge is 0.387 e. The van der Waals surface area contributed by atoms with Crippen LogP contribution in [-0.4, -0.2) is 25.2 Å². The summed E-state index contributed by atoms with van der Waals surface area (Å²) in [7, 11) is 1.28. The van der Waals surface area contributed by atoms with Gasteiger partial charge in [-0.05, 0) is 31.0 Å². The Balaban J connectivity index is 3.03. The summed E-state index contributed by atoms with van der Waals surface area (Å²) in [4.78, 5) is 12.2. The molecule has 1 amide bonds. The van der Waals surface area contributed by atoms with E-state index in [-0.39, 0.29) is 23.0 Å². The van der Waals surface area contributed by atoms with E-state index in [0.717, 1.165) is 0 Å². The lowest BCUT2D eigenvalue weighted by atomic mass is 9.89. The number of hydrogen-bond donors (Lipinski definition) is 1. The molecule has 1 aromatic carbocycles. The van der Waals surface area contributed by atoms with E-state index in [4.69, 9.17) is 4.74 Å². The quantitative estimate of drug-likeness (QED) is 0.876. The number of methoxy groups -OCH3 is 1. The average molecular weight is 312 g/mol. The first-order valence-corrected chi connectivity index (χ1v) is 6.60. The zero-order valence-electron chi connectivity index (χ0n) is 12.8. The third-order valence-electron chi connectivity index (χ3n) is 3.40. The first kappa shape index (κ1) is 17.7. The second-order valence-electron chi connectivity index (χ2n) is 5.17. The molecule has 0 aliphatic rings. The van der Waals surface area contributed by atoms with Crippen molar-refractivity contribution in [2.45, 2.75) is 32.9 Å². The number of nitrogens with one attached hydrogen (secondary N) is 1. The lowest BCUT2D eigenvalue weighted by Crippen LogP contribution is -2.48. The molecule has 5 nitrogen and oxygen atoms in total. The van der Waals surface area contributed by atoms with E-state index >= 15 is 0 Å². The maximum absolute atomic E-state index is 12.3. The average Bonchev–Trinajstić information content (AvgIpc) is 2.46. The number of carbonyl (C=O) groups is 1. The topological polar surface area (TPSA) is 71.3 Å². The molecule has 0 aromatic heterocycles. The van der Waals surface area contributed by atoms with E-state index in [1.54, 1.807) is 6.92 Å². The van der Waals surface area contributed by atoms with Crippen molar-refractivity contribution in [3.8, 4) is 17.6 Å². The van der Waals surface area contributed by atoms with Crippen LogP contribution in [0.2, 0.25) is 0 Å². The summed E-state index contributed by atoms with van der Waals surface area (Å²) in [6, 6.07) is 5.89. The SMILES string of the molecule is COc1cc(C(=O)NC(C)(C#N)C(C)C)ccc1OC(F)F. The van der Waals surface area contributed by atoms with E-state index in [1.165, 1.54) is 25.3 Å². The Hall–Kier alpha value is -2.36. The fraction of sp³-hybridized carbons (Fsp3) is 0.467. The Morgan fingerprint density at radius 1 is 1.36 bits per heavy atom. The lowest BCUT2D eigenvalue weighted by Gasteiger charge is -2.27. The summed E-state index contributed by atoms with van der Waals surface area (Å²) < 4.78 is 33.7. The van der Waals surface area contributed by atoms with Crippen molar-refractivity contribution >= 4 is 5.91 Å². The van der Waals surface area contributed by atoms with Gasteiger partial charge in [0.25, 0.3) is 5.91 Å². The summed E-state index contributed by atoms with van der Waals surface area (Å²) in [5.41, 5.74) is -0.858. The van der Waals surface area contributed by atoms with Crippen molar-refractivity contribution in [3.05, 3.63) is 23.8 Å². The van der Waals surface area contributed by atoms with Crippen LogP contribution in [0, 0.1) is 17.2 Å². The number of nitrogens with zero attached hydrogens (tertiary/aromatic N) is 1. The Kier molecular flexibility index (Phi) is 5.69. The van der Waals surface area contributed by atoms with Crippen LogP contribution in [0.1, 0.15) is 31.1 Å². The van der Waals surface area contributed by atoms with Crippen LogP contribution in [0.25, 0.3) is 0 Å². The van der Waals surface area contributed by atoms with E-state index in [2.05, 4.69) is 16.1 Å². The predicted octanol–water partition coefficient (Wildman–Crippen LogP) is 2.96. The lowest BCUT2D eigenvalue weighted by molar-refractivity contribution is -0.0512. The number of ether oxygens (including phenoxy) is 2. The molecule has 0 spiro atoms. The standard InChI is InChI=1S/C15H18F2N2O3/c1-9(2)15(3,8-18)19-13(20)10-5-6-11(22-14(16)17)12(7-10)21-4/h5-7,9,14H,1-4H3,(H,19,20). The molecular weight excluding hydrogens is 294 g/mol. The molecule has 1 N–H and O–H groups in total. The van der Waals surface area contributed by atoms with Crippen LogP contribution in [0.3, 0.4) is 0 Å². The molecule has 1 unspecified atom stereocenters. The summed E-state index contributed by atoms with van der Waals surface area (Å²) in [6.45, 7) is 2.24. The largest absolute Gasteiger partial charge is 0.493 e. The van der Waals surface area contributed by atoms with E-state index in [0.29, 0.717) is 0 Å². The van der Waals surface area contributed by atoms with Crippen LogP contribution in [0.4, 0.5) is 8.78 Å². The molecule has 1 atom stereocenters. The van der Waals surface area contributed by atoms with E-state index in [9.17, 15) is 18.8 Å². The molecule has 0 saturated carbocycles. The van der Waals surface area contributed by atoms with Gasteiger partial charge in [0.1, 0.15) is 5.54 Å². The summed E-state index contributed by atoms with van der Waals surface area (Å²) in [5.74, 6) is -0.762. The van der Waals surface area contributed by atoms with Gasteiger partial charge in [0, 0.05) is 5.56 Å². The first-order valence-electron chi connectivity index (χ1n) is 6.60. The van der Waals surface area contributed by atoms with Gasteiger partial charge >= 0.3 is 6.61 Å². The van der Waals surface area contributed by atoms with Crippen LogP contribution >= 0.6 is 0 Å². The fourth-order valence-electron chi connectivity index (χ4n) is 1.61. The van der Waals surface area contributed by atoms with E-state index < -0.39 is 18.1 Å². The van der Waals surface area contributed by atoms with Crippen molar-refractivity contribution in [1.82, 2.24) is 5.32 Å². The second kappa shape index (κ2) is 7.07. The highest BCUT2D eigenvalue weighted by molar-refractivity contribution is 5.95. The number of amides is 1. The Labute approximate surface area is 127 Å². The Morgan fingerprint density at radius 3 is 2.45 bits per heavy atom. The molecule has 22 heavy (non-hydrogen) atoms. The zero-order valence-corrected chi connectivity index (χ0v) is 12.8. The molecule has 0 fully saturated rings. The van der Waals surface area contributed by atoms with Crippen molar-refractivity contribution in [1.29, 1.82) is 5.26 Å². The van der Waals surface area contributed by atoms with Crippen molar-refractivity contribution in [2.24, 2.45) is 5.92 Å². The number of carbonyl (C=O) groups excluding carboxylic acids is 1. The van der Waals surface area contributed by atoms with Gasteiger partial charge in [-0.3, -0.25) is 4.79 Å².